The summed E-state index contributed by atoms with van der Waals surface area (Å²) in [6, 6.07) is 0. The molecular formula is C11H22O4. The van der Waals surface area contributed by atoms with E-state index in [9.17, 15) is 9.90 Å². The minimum absolute atomic E-state index is 0.0681. The van der Waals surface area contributed by atoms with Crippen LogP contribution in [0.25, 0.3) is 0 Å². The third kappa shape index (κ3) is 3.18. The maximum atomic E-state index is 11.5. The van der Waals surface area contributed by atoms with Gasteiger partial charge in [-0.25, -0.2) is 0 Å². The van der Waals surface area contributed by atoms with E-state index in [-0.39, 0.29) is 18.5 Å². The number of carbonyl (C=O) groups excluding carboxylic acids is 1. The van der Waals surface area contributed by atoms with Gasteiger partial charge in [-0.3, -0.25) is 4.79 Å². The first-order valence-corrected chi connectivity index (χ1v) is 5.23. The second-order valence-electron chi connectivity index (χ2n) is 4.06. The van der Waals surface area contributed by atoms with Gasteiger partial charge in [-0.2, -0.15) is 0 Å². The van der Waals surface area contributed by atoms with Crippen LogP contribution in [0.2, 0.25) is 0 Å². The lowest BCUT2D eigenvalue weighted by Crippen LogP contribution is -2.50. The monoisotopic (exact) mass is 218 g/mol. The van der Waals surface area contributed by atoms with Crippen LogP contribution < -0.4 is 0 Å². The fraction of sp³-hybridized carbons (Fsp3) is 0.909. The van der Waals surface area contributed by atoms with Crippen LogP contribution >= 0.6 is 0 Å². The van der Waals surface area contributed by atoms with Crippen molar-refractivity contribution in [1.29, 1.82) is 0 Å². The molecule has 0 aliphatic carbocycles. The number of rotatable bonds is 6. The van der Waals surface area contributed by atoms with Crippen molar-refractivity contribution in [2.75, 3.05) is 20.8 Å². The smallest absolute Gasteiger partial charge is 0.311 e. The Morgan fingerprint density at radius 1 is 1.40 bits per heavy atom. The normalized spacial score (nSPS) is 17.3. The molecule has 0 aromatic carbocycles. The highest BCUT2D eigenvalue weighted by Gasteiger charge is 2.43. The van der Waals surface area contributed by atoms with Crippen molar-refractivity contribution >= 4 is 5.97 Å². The maximum absolute atomic E-state index is 11.5. The zero-order valence-electron chi connectivity index (χ0n) is 10.2. The molecule has 0 amide bonds. The number of carbonyl (C=O) groups is 1. The van der Waals surface area contributed by atoms with Crippen LogP contribution in [0.3, 0.4) is 0 Å². The summed E-state index contributed by atoms with van der Waals surface area (Å²) in [5.74, 6) is -0.991. The Morgan fingerprint density at radius 3 is 2.20 bits per heavy atom. The molecular weight excluding hydrogens is 196 g/mol. The van der Waals surface area contributed by atoms with Crippen molar-refractivity contribution < 1.29 is 19.4 Å². The first-order chi connectivity index (χ1) is 6.93. The molecule has 2 atom stereocenters. The van der Waals surface area contributed by atoms with Crippen molar-refractivity contribution in [1.82, 2.24) is 0 Å². The van der Waals surface area contributed by atoms with E-state index in [1.807, 2.05) is 20.8 Å². The van der Waals surface area contributed by atoms with Gasteiger partial charge < -0.3 is 14.6 Å². The van der Waals surface area contributed by atoms with Gasteiger partial charge in [0.2, 0.25) is 0 Å². The molecule has 15 heavy (non-hydrogen) atoms. The summed E-state index contributed by atoms with van der Waals surface area (Å²) in [6.45, 7) is 5.72. The van der Waals surface area contributed by atoms with Crippen LogP contribution in [0.15, 0.2) is 0 Å². The molecule has 90 valence electrons. The van der Waals surface area contributed by atoms with Crippen LogP contribution in [0.4, 0.5) is 0 Å². The molecule has 0 aliphatic rings. The number of hydrogen-bond acceptors (Lipinski definition) is 4. The Hall–Kier alpha value is -0.610. The third-order valence-electron chi connectivity index (χ3n) is 2.87. The molecule has 0 aliphatic heterocycles. The minimum Gasteiger partial charge on any atom is -0.469 e. The van der Waals surface area contributed by atoms with E-state index in [2.05, 4.69) is 0 Å². The first kappa shape index (κ1) is 14.4. The van der Waals surface area contributed by atoms with Crippen LogP contribution in [0.1, 0.15) is 27.2 Å². The van der Waals surface area contributed by atoms with E-state index in [1.165, 1.54) is 14.2 Å². The molecule has 0 aromatic heterocycles. The minimum atomic E-state index is -1.16. The molecule has 0 heterocycles. The fourth-order valence-electron chi connectivity index (χ4n) is 1.77. The topological polar surface area (TPSA) is 55.8 Å². The van der Waals surface area contributed by atoms with Gasteiger partial charge in [0.15, 0.2) is 0 Å². The second kappa shape index (κ2) is 6.08. The number of esters is 1. The second-order valence-corrected chi connectivity index (χ2v) is 4.06. The standard InChI is InChI=1S/C11H22O4/c1-6-9(10(12)15-5)11(13,7-14-4)8(2)3/h8-9,13H,6-7H2,1-5H3. The summed E-state index contributed by atoms with van der Waals surface area (Å²) in [5.41, 5.74) is -1.16. The number of methoxy groups -OCH3 is 2. The predicted octanol–water partition coefficient (Wildman–Crippen LogP) is 1.22. The Morgan fingerprint density at radius 2 is 1.93 bits per heavy atom. The van der Waals surface area contributed by atoms with Crippen LogP contribution in [0, 0.1) is 11.8 Å². The summed E-state index contributed by atoms with van der Waals surface area (Å²) in [6.07, 6.45) is 0.532. The fourth-order valence-corrected chi connectivity index (χ4v) is 1.77. The SMILES string of the molecule is CCC(C(=O)OC)C(O)(COC)C(C)C. The average molecular weight is 218 g/mol. The molecule has 0 spiro atoms. The summed E-state index contributed by atoms with van der Waals surface area (Å²) in [7, 11) is 2.84. The highest BCUT2D eigenvalue weighted by atomic mass is 16.5. The highest BCUT2D eigenvalue weighted by molar-refractivity contribution is 5.73. The van der Waals surface area contributed by atoms with E-state index in [0.717, 1.165) is 0 Å². The first-order valence-electron chi connectivity index (χ1n) is 5.23. The van der Waals surface area contributed by atoms with Gasteiger partial charge in [-0.15, -0.1) is 0 Å². The average Bonchev–Trinajstić information content (AvgIpc) is 2.18. The zero-order chi connectivity index (χ0) is 12.1. The summed E-state index contributed by atoms with van der Waals surface area (Å²) < 4.78 is 9.68. The van der Waals surface area contributed by atoms with Crippen molar-refractivity contribution in [3.05, 3.63) is 0 Å². The van der Waals surface area contributed by atoms with Gasteiger partial charge in [-0.05, 0) is 12.3 Å². The van der Waals surface area contributed by atoms with Crippen molar-refractivity contribution in [2.45, 2.75) is 32.8 Å². The molecule has 4 heteroatoms. The van der Waals surface area contributed by atoms with Crippen LogP contribution in [-0.2, 0) is 14.3 Å². The van der Waals surface area contributed by atoms with E-state index in [4.69, 9.17) is 9.47 Å². The van der Waals surface area contributed by atoms with Gasteiger partial charge in [0.25, 0.3) is 0 Å². The lowest BCUT2D eigenvalue weighted by Gasteiger charge is -2.36. The lowest BCUT2D eigenvalue weighted by molar-refractivity contribution is -0.167. The molecule has 0 radical (unpaired) electrons. The Kier molecular flexibility index (Phi) is 5.83. The van der Waals surface area contributed by atoms with E-state index >= 15 is 0 Å². The maximum Gasteiger partial charge on any atom is 0.311 e. The zero-order valence-corrected chi connectivity index (χ0v) is 10.2. The predicted molar refractivity (Wildman–Crippen MR) is 57.5 cm³/mol. The van der Waals surface area contributed by atoms with Crippen molar-refractivity contribution in [3.63, 3.8) is 0 Å². The number of aliphatic hydroxyl groups is 1. The molecule has 0 saturated heterocycles. The summed E-state index contributed by atoms with van der Waals surface area (Å²) in [5, 5.41) is 10.4. The van der Waals surface area contributed by atoms with Gasteiger partial charge in [0, 0.05) is 7.11 Å². The van der Waals surface area contributed by atoms with E-state index < -0.39 is 11.5 Å². The van der Waals surface area contributed by atoms with Gasteiger partial charge in [0.1, 0.15) is 5.60 Å². The van der Waals surface area contributed by atoms with E-state index in [0.29, 0.717) is 6.42 Å². The molecule has 0 bridgehead atoms. The number of hydrogen-bond donors (Lipinski definition) is 1. The largest absolute Gasteiger partial charge is 0.469 e. The molecule has 4 nitrogen and oxygen atoms in total. The third-order valence-corrected chi connectivity index (χ3v) is 2.87. The van der Waals surface area contributed by atoms with E-state index in [1.54, 1.807) is 0 Å². The molecule has 0 rings (SSSR count). The number of ether oxygens (including phenoxy) is 2. The molecule has 0 saturated carbocycles. The van der Waals surface area contributed by atoms with Gasteiger partial charge in [-0.1, -0.05) is 20.8 Å². The van der Waals surface area contributed by atoms with Crippen molar-refractivity contribution in [2.24, 2.45) is 11.8 Å². The quantitative estimate of drug-likeness (QED) is 0.681. The van der Waals surface area contributed by atoms with Crippen LogP contribution in [0.5, 0.6) is 0 Å². The van der Waals surface area contributed by atoms with Gasteiger partial charge in [0.05, 0.1) is 19.6 Å². The van der Waals surface area contributed by atoms with Crippen LogP contribution in [-0.4, -0.2) is 37.5 Å². The lowest BCUT2D eigenvalue weighted by atomic mass is 9.77. The molecule has 0 aromatic rings. The Bertz CT molecular complexity index is 203. The Labute approximate surface area is 91.6 Å². The van der Waals surface area contributed by atoms with Gasteiger partial charge >= 0.3 is 5.97 Å². The molecule has 0 fully saturated rings. The highest BCUT2D eigenvalue weighted by Crippen LogP contribution is 2.30. The Balaban J connectivity index is 4.93. The molecule has 2 unspecified atom stereocenters. The molecule has 1 N–H and O–H groups in total. The summed E-state index contributed by atoms with van der Waals surface area (Å²) >= 11 is 0. The van der Waals surface area contributed by atoms with Crippen molar-refractivity contribution in [3.8, 4) is 0 Å². The summed E-state index contributed by atoms with van der Waals surface area (Å²) in [4.78, 5) is 11.5.